The minimum Gasteiger partial charge on any atom is -0.496 e. The SMILES string of the molecule is COc1ccccc1C1NC(=O)N(CC(=O)N2CCCC2)C2=C1C(=O)OC2. The van der Waals surface area contributed by atoms with Crippen molar-refractivity contribution in [2.24, 2.45) is 0 Å². The fourth-order valence-electron chi connectivity index (χ4n) is 3.82. The van der Waals surface area contributed by atoms with Crippen LogP contribution in [0.3, 0.4) is 0 Å². The highest BCUT2D eigenvalue weighted by molar-refractivity contribution is 5.98. The van der Waals surface area contributed by atoms with Gasteiger partial charge in [0.1, 0.15) is 18.9 Å². The van der Waals surface area contributed by atoms with Crippen molar-refractivity contribution in [3.8, 4) is 5.75 Å². The molecule has 3 aliphatic rings. The molecule has 8 nitrogen and oxygen atoms in total. The average Bonchev–Trinajstić information content (AvgIpc) is 3.34. The van der Waals surface area contributed by atoms with Gasteiger partial charge in [-0.25, -0.2) is 9.59 Å². The lowest BCUT2D eigenvalue weighted by molar-refractivity contribution is -0.136. The predicted molar refractivity (Wildman–Crippen MR) is 94.8 cm³/mol. The zero-order chi connectivity index (χ0) is 19.0. The van der Waals surface area contributed by atoms with E-state index in [4.69, 9.17) is 9.47 Å². The number of nitrogens with one attached hydrogen (secondary N) is 1. The number of ether oxygens (including phenoxy) is 2. The molecule has 0 bridgehead atoms. The molecule has 27 heavy (non-hydrogen) atoms. The second-order valence-corrected chi connectivity index (χ2v) is 6.73. The molecular weight excluding hydrogens is 350 g/mol. The molecule has 0 radical (unpaired) electrons. The van der Waals surface area contributed by atoms with E-state index in [2.05, 4.69) is 5.32 Å². The van der Waals surface area contributed by atoms with Crippen molar-refractivity contribution in [2.75, 3.05) is 33.4 Å². The molecule has 0 saturated carbocycles. The van der Waals surface area contributed by atoms with Crippen molar-refractivity contribution >= 4 is 17.9 Å². The first-order valence-corrected chi connectivity index (χ1v) is 8.99. The number of cyclic esters (lactones) is 1. The molecule has 1 saturated heterocycles. The van der Waals surface area contributed by atoms with Crippen LogP contribution in [0.15, 0.2) is 35.5 Å². The summed E-state index contributed by atoms with van der Waals surface area (Å²) in [7, 11) is 1.53. The van der Waals surface area contributed by atoms with Crippen LogP contribution in [-0.4, -0.2) is 61.1 Å². The second kappa shape index (κ2) is 6.94. The summed E-state index contributed by atoms with van der Waals surface area (Å²) in [5.41, 5.74) is 1.48. The summed E-state index contributed by atoms with van der Waals surface area (Å²) in [5, 5.41) is 2.83. The van der Waals surface area contributed by atoms with Crippen LogP contribution in [0.5, 0.6) is 5.75 Å². The number of methoxy groups -OCH3 is 1. The summed E-state index contributed by atoms with van der Waals surface area (Å²) in [6.07, 6.45) is 1.95. The summed E-state index contributed by atoms with van der Waals surface area (Å²) in [4.78, 5) is 40.8. The van der Waals surface area contributed by atoms with E-state index in [1.54, 1.807) is 17.0 Å². The van der Waals surface area contributed by atoms with Crippen molar-refractivity contribution in [1.29, 1.82) is 0 Å². The molecule has 142 valence electrons. The van der Waals surface area contributed by atoms with Crippen molar-refractivity contribution in [1.82, 2.24) is 15.1 Å². The number of nitrogens with zero attached hydrogens (tertiary/aromatic N) is 2. The molecular formula is C19H21N3O5. The third-order valence-electron chi connectivity index (χ3n) is 5.20. The maximum atomic E-state index is 12.8. The standard InChI is InChI=1S/C19H21N3O5/c1-26-14-7-3-2-6-12(14)17-16-13(11-27-18(16)24)22(19(25)20-17)10-15(23)21-8-4-5-9-21/h2-3,6-7,17H,4-5,8-11H2,1H3,(H,20,25). The Morgan fingerprint density at radius 2 is 2.00 bits per heavy atom. The highest BCUT2D eigenvalue weighted by Crippen LogP contribution is 2.38. The molecule has 4 rings (SSSR count). The number of carbonyl (C=O) groups is 3. The number of hydrogen-bond acceptors (Lipinski definition) is 5. The van der Waals surface area contributed by atoms with Gasteiger partial charge in [0.2, 0.25) is 5.91 Å². The molecule has 3 aliphatic heterocycles. The Kier molecular flexibility index (Phi) is 4.47. The Morgan fingerprint density at radius 3 is 2.74 bits per heavy atom. The van der Waals surface area contributed by atoms with Gasteiger partial charge in [-0.15, -0.1) is 0 Å². The molecule has 8 heteroatoms. The molecule has 3 heterocycles. The molecule has 1 aromatic rings. The van der Waals surface area contributed by atoms with E-state index in [1.165, 1.54) is 12.0 Å². The molecule has 0 spiro atoms. The molecule has 1 atom stereocenters. The third-order valence-corrected chi connectivity index (χ3v) is 5.20. The number of amides is 3. The summed E-state index contributed by atoms with van der Waals surface area (Å²) < 4.78 is 10.6. The van der Waals surface area contributed by atoms with Crippen molar-refractivity contribution in [3.63, 3.8) is 0 Å². The molecule has 1 aromatic carbocycles. The van der Waals surface area contributed by atoms with E-state index in [9.17, 15) is 14.4 Å². The van der Waals surface area contributed by atoms with Crippen molar-refractivity contribution in [2.45, 2.75) is 18.9 Å². The quantitative estimate of drug-likeness (QED) is 0.804. The van der Waals surface area contributed by atoms with Gasteiger partial charge in [-0.2, -0.15) is 0 Å². The van der Waals surface area contributed by atoms with Crippen LogP contribution in [-0.2, 0) is 14.3 Å². The van der Waals surface area contributed by atoms with E-state index in [1.807, 2.05) is 12.1 Å². The first-order chi connectivity index (χ1) is 13.1. The van der Waals surface area contributed by atoms with Crippen LogP contribution < -0.4 is 10.1 Å². The van der Waals surface area contributed by atoms with Crippen molar-refractivity contribution in [3.05, 3.63) is 41.1 Å². The van der Waals surface area contributed by atoms with Gasteiger partial charge in [-0.05, 0) is 18.9 Å². The number of urea groups is 1. The number of hydrogen-bond donors (Lipinski definition) is 1. The van der Waals surface area contributed by atoms with Gasteiger partial charge in [0, 0.05) is 18.7 Å². The largest absolute Gasteiger partial charge is 0.496 e. The Bertz CT molecular complexity index is 828. The highest BCUT2D eigenvalue weighted by Gasteiger charge is 2.43. The van der Waals surface area contributed by atoms with Gasteiger partial charge in [-0.1, -0.05) is 18.2 Å². The fraction of sp³-hybridized carbons (Fsp3) is 0.421. The topological polar surface area (TPSA) is 88.2 Å². The van der Waals surface area contributed by atoms with Crippen LogP contribution in [0, 0.1) is 0 Å². The summed E-state index contributed by atoms with van der Waals surface area (Å²) in [6, 6.07) is 6.10. The second-order valence-electron chi connectivity index (χ2n) is 6.73. The number of para-hydroxylation sites is 1. The number of esters is 1. The summed E-state index contributed by atoms with van der Waals surface area (Å²) >= 11 is 0. The maximum Gasteiger partial charge on any atom is 0.338 e. The molecule has 1 unspecified atom stereocenters. The molecule has 1 N–H and O–H groups in total. The lowest BCUT2D eigenvalue weighted by atomic mass is 9.95. The van der Waals surface area contributed by atoms with Crippen LogP contribution in [0.25, 0.3) is 0 Å². The molecule has 0 aliphatic carbocycles. The van der Waals surface area contributed by atoms with E-state index >= 15 is 0 Å². The highest BCUT2D eigenvalue weighted by atomic mass is 16.5. The van der Waals surface area contributed by atoms with Crippen LogP contribution in [0.1, 0.15) is 24.4 Å². The van der Waals surface area contributed by atoms with Gasteiger partial charge in [0.15, 0.2) is 0 Å². The Balaban J connectivity index is 1.68. The van der Waals surface area contributed by atoms with Crippen LogP contribution in [0.2, 0.25) is 0 Å². The predicted octanol–water partition coefficient (Wildman–Crippen LogP) is 1.19. The maximum absolute atomic E-state index is 12.8. The zero-order valence-corrected chi connectivity index (χ0v) is 15.1. The zero-order valence-electron chi connectivity index (χ0n) is 15.1. The first kappa shape index (κ1) is 17.4. The number of carbonyl (C=O) groups excluding carboxylic acids is 3. The van der Waals surface area contributed by atoms with Crippen LogP contribution >= 0.6 is 0 Å². The third kappa shape index (κ3) is 3.01. The normalized spacial score (nSPS) is 21.9. The lowest BCUT2D eigenvalue weighted by Gasteiger charge is -2.33. The first-order valence-electron chi connectivity index (χ1n) is 8.99. The molecule has 0 aromatic heterocycles. The minimum atomic E-state index is -0.670. The van der Waals surface area contributed by atoms with Gasteiger partial charge in [0.25, 0.3) is 0 Å². The molecule has 3 amide bonds. The van der Waals surface area contributed by atoms with E-state index in [-0.39, 0.29) is 19.1 Å². The van der Waals surface area contributed by atoms with Gasteiger partial charge in [-0.3, -0.25) is 9.69 Å². The number of likely N-dealkylation sites (tertiary alicyclic amines) is 1. The smallest absolute Gasteiger partial charge is 0.338 e. The Labute approximate surface area is 156 Å². The number of rotatable bonds is 4. The van der Waals surface area contributed by atoms with Crippen molar-refractivity contribution < 1.29 is 23.9 Å². The van der Waals surface area contributed by atoms with E-state index < -0.39 is 18.0 Å². The van der Waals surface area contributed by atoms with E-state index in [0.29, 0.717) is 35.7 Å². The Hall–Kier alpha value is -3.03. The average molecular weight is 371 g/mol. The minimum absolute atomic E-state index is 0.0134. The molecule has 1 fully saturated rings. The van der Waals surface area contributed by atoms with Gasteiger partial charge >= 0.3 is 12.0 Å². The van der Waals surface area contributed by atoms with E-state index in [0.717, 1.165) is 12.8 Å². The fourth-order valence-corrected chi connectivity index (χ4v) is 3.82. The Morgan fingerprint density at radius 1 is 1.26 bits per heavy atom. The lowest BCUT2D eigenvalue weighted by Crippen LogP contribution is -2.50. The summed E-state index contributed by atoms with van der Waals surface area (Å²) in [5.74, 6) is -0.0416. The van der Waals surface area contributed by atoms with Gasteiger partial charge < -0.3 is 19.7 Å². The van der Waals surface area contributed by atoms with Crippen LogP contribution in [0.4, 0.5) is 4.79 Å². The monoisotopic (exact) mass is 371 g/mol. The number of benzene rings is 1. The summed E-state index contributed by atoms with van der Waals surface area (Å²) in [6.45, 7) is 1.30. The van der Waals surface area contributed by atoms with Gasteiger partial charge in [0.05, 0.1) is 24.4 Å².